The Balaban J connectivity index is 1.55. The molecule has 2 aromatic heterocycles. The molecule has 4 nitrogen and oxygen atoms in total. The van der Waals surface area contributed by atoms with Crippen LogP contribution >= 0.6 is 11.3 Å². The van der Waals surface area contributed by atoms with Gasteiger partial charge in [0.25, 0.3) is 0 Å². The number of fused-ring (bicyclic) bond motifs is 1. The second-order valence-corrected chi connectivity index (χ2v) is 8.94. The Kier molecular flexibility index (Phi) is 4.87. The van der Waals surface area contributed by atoms with Gasteiger partial charge in [0.15, 0.2) is 0 Å². The Morgan fingerprint density at radius 1 is 1.26 bits per heavy atom. The largest absolute Gasteiger partial charge is 0.349 e. The maximum Gasteiger partial charge on any atom is 0.224 e. The number of hydrogen-bond donors (Lipinski definition) is 1. The fourth-order valence-corrected chi connectivity index (χ4v) is 4.61. The molecular formula is C22H25N3OS. The molecule has 0 radical (unpaired) electrons. The summed E-state index contributed by atoms with van der Waals surface area (Å²) in [5, 5.41) is 12.0. The van der Waals surface area contributed by atoms with Gasteiger partial charge in [-0.25, -0.2) is 0 Å². The van der Waals surface area contributed by atoms with E-state index in [1.807, 2.05) is 29.1 Å². The van der Waals surface area contributed by atoms with Crippen LogP contribution in [0.2, 0.25) is 0 Å². The van der Waals surface area contributed by atoms with E-state index < -0.39 is 0 Å². The number of thiophene rings is 1. The normalized spacial score (nSPS) is 18.1. The summed E-state index contributed by atoms with van der Waals surface area (Å²) in [6, 6.07) is 12.4. The van der Waals surface area contributed by atoms with E-state index in [4.69, 9.17) is 0 Å². The first kappa shape index (κ1) is 18.0. The molecule has 0 spiro atoms. The maximum atomic E-state index is 12.6. The Hall–Kier alpha value is -2.40. The van der Waals surface area contributed by atoms with Gasteiger partial charge in [-0.2, -0.15) is 16.4 Å². The molecule has 1 amide bonds. The van der Waals surface area contributed by atoms with Gasteiger partial charge in [0.1, 0.15) is 0 Å². The molecule has 0 bridgehead atoms. The second-order valence-electron chi connectivity index (χ2n) is 8.16. The Morgan fingerprint density at radius 3 is 2.81 bits per heavy atom. The van der Waals surface area contributed by atoms with Gasteiger partial charge >= 0.3 is 0 Å². The first-order chi connectivity index (χ1) is 13.0. The van der Waals surface area contributed by atoms with Crippen molar-refractivity contribution in [3.05, 3.63) is 75.7 Å². The SMILES string of the molecule is CC1(C)Cc2c(cnn2Cc2ccccc2)[C@@H](NC(=O)Cc2ccsc2)C1. The van der Waals surface area contributed by atoms with Crippen LogP contribution < -0.4 is 5.32 Å². The summed E-state index contributed by atoms with van der Waals surface area (Å²) >= 11 is 1.63. The number of amides is 1. The zero-order chi connectivity index (χ0) is 18.9. The summed E-state index contributed by atoms with van der Waals surface area (Å²) in [4.78, 5) is 12.6. The smallest absolute Gasteiger partial charge is 0.224 e. The van der Waals surface area contributed by atoms with Crippen LogP contribution in [0, 0.1) is 5.41 Å². The molecule has 1 aromatic carbocycles. The summed E-state index contributed by atoms with van der Waals surface area (Å²) in [5.41, 5.74) is 4.86. The molecule has 4 rings (SSSR count). The lowest BCUT2D eigenvalue weighted by Gasteiger charge is -2.36. The third-order valence-electron chi connectivity index (χ3n) is 5.21. The van der Waals surface area contributed by atoms with Crippen LogP contribution in [-0.4, -0.2) is 15.7 Å². The van der Waals surface area contributed by atoms with Gasteiger partial charge in [-0.1, -0.05) is 44.2 Å². The topological polar surface area (TPSA) is 46.9 Å². The van der Waals surface area contributed by atoms with Gasteiger partial charge < -0.3 is 5.32 Å². The van der Waals surface area contributed by atoms with Crippen molar-refractivity contribution >= 4 is 17.2 Å². The van der Waals surface area contributed by atoms with Crippen LogP contribution in [0.15, 0.2) is 53.4 Å². The quantitative estimate of drug-likeness (QED) is 0.716. The van der Waals surface area contributed by atoms with E-state index in [-0.39, 0.29) is 17.4 Å². The maximum absolute atomic E-state index is 12.6. The Labute approximate surface area is 164 Å². The van der Waals surface area contributed by atoms with E-state index in [9.17, 15) is 4.79 Å². The standard InChI is InChI=1S/C22H25N3OS/c1-22(2)11-19(24-21(26)10-17-8-9-27-15-17)18-13-23-25(20(18)12-22)14-16-6-4-3-5-7-16/h3-9,13,15,19H,10-12,14H2,1-2H3,(H,24,26)/t19-/m0/s1. The van der Waals surface area contributed by atoms with E-state index in [1.54, 1.807) is 11.3 Å². The van der Waals surface area contributed by atoms with Crippen molar-refractivity contribution in [2.24, 2.45) is 5.41 Å². The molecule has 0 aliphatic heterocycles. The first-order valence-corrected chi connectivity index (χ1v) is 10.3. The van der Waals surface area contributed by atoms with E-state index in [1.165, 1.54) is 16.8 Å². The minimum absolute atomic E-state index is 0.0272. The van der Waals surface area contributed by atoms with Crippen molar-refractivity contribution in [2.75, 3.05) is 0 Å². The fraction of sp³-hybridized carbons (Fsp3) is 0.364. The van der Waals surface area contributed by atoms with Gasteiger partial charge in [0.05, 0.1) is 25.2 Å². The summed E-state index contributed by atoms with van der Waals surface area (Å²) in [5.74, 6) is 0.0814. The zero-order valence-corrected chi connectivity index (χ0v) is 16.6. The summed E-state index contributed by atoms with van der Waals surface area (Å²) in [7, 11) is 0. The number of nitrogens with zero attached hydrogens (tertiary/aromatic N) is 2. The molecule has 0 saturated heterocycles. The fourth-order valence-electron chi connectivity index (χ4n) is 3.94. The van der Waals surface area contributed by atoms with Crippen molar-refractivity contribution in [2.45, 2.75) is 45.7 Å². The van der Waals surface area contributed by atoms with E-state index in [0.717, 1.165) is 24.9 Å². The molecule has 0 saturated carbocycles. The minimum atomic E-state index is 0.0272. The van der Waals surface area contributed by atoms with E-state index in [0.29, 0.717) is 6.42 Å². The number of rotatable bonds is 5. The van der Waals surface area contributed by atoms with Gasteiger partial charge in [0.2, 0.25) is 5.91 Å². The molecule has 0 unspecified atom stereocenters. The molecule has 1 aliphatic carbocycles. The van der Waals surface area contributed by atoms with Crippen LogP contribution in [0.1, 0.15) is 48.7 Å². The molecule has 2 heterocycles. The lowest BCUT2D eigenvalue weighted by Crippen LogP contribution is -2.37. The Bertz CT molecular complexity index is 912. The number of benzene rings is 1. The molecule has 1 atom stereocenters. The highest BCUT2D eigenvalue weighted by molar-refractivity contribution is 7.08. The molecule has 140 valence electrons. The van der Waals surface area contributed by atoms with Crippen molar-refractivity contribution in [1.82, 2.24) is 15.1 Å². The molecule has 1 N–H and O–H groups in total. The van der Waals surface area contributed by atoms with E-state index >= 15 is 0 Å². The van der Waals surface area contributed by atoms with Crippen molar-refractivity contribution in [3.8, 4) is 0 Å². The van der Waals surface area contributed by atoms with Gasteiger partial charge in [-0.15, -0.1) is 0 Å². The predicted octanol–water partition coefficient (Wildman–Crippen LogP) is 4.37. The van der Waals surface area contributed by atoms with Crippen LogP contribution in [0.5, 0.6) is 0 Å². The molecular weight excluding hydrogens is 354 g/mol. The van der Waals surface area contributed by atoms with Crippen LogP contribution in [0.4, 0.5) is 0 Å². The third kappa shape index (κ3) is 4.14. The molecule has 1 aliphatic rings. The summed E-state index contributed by atoms with van der Waals surface area (Å²) in [6.07, 6.45) is 4.30. The number of nitrogens with one attached hydrogen (secondary N) is 1. The third-order valence-corrected chi connectivity index (χ3v) is 5.95. The average molecular weight is 380 g/mol. The summed E-state index contributed by atoms with van der Waals surface area (Å²) in [6.45, 7) is 5.31. The zero-order valence-electron chi connectivity index (χ0n) is 15.8. The number of aromatic nitrogens is 2. The van der Waals surface area contributed by atoms with Gasteiger partial charge in [0, 0.05) is 11.3 Å². The molecule has 27 heavy (non-hydrogen) atoms. The van der Waals surface area contributed by atoms with Crippen molar-refractivity contribution in [3.63, 3.8) is 0 Å². The molecule has 5 heteroatoms. The molecule has 0 fully saturated rings. The van der Waals surface area contributed by atoms with Crippen molar-refractivity contribution < 1.29 is 4.79 Å². The highest BCUT2D eigenvalue weighted by Gasteiger charge is 2.35. The van der Waals surface area contributed by atoms with Crippen LogP contribution in [0.25, 0.3) is 0 Å². The second kappa shape index (κ2) is 7.31. The predicted molar refractivity (Wildman–Crippen MR) is 109 cm³/mol. The monoisotopic (exact) mass is 379 g/mol. The van der Waals surface area contributed by atoms with Crippen LogP contribution in [-0.2, 0) is 24.2 Å². The highest BCUT2D eigenvalue weighted by Crippen LogP contribution is 2.40. The number of carbonyl (C=O) groups is 1. The lowest BCUT2D eigenvalue weighted by atomic mass is 9.74. The average Bonchev–Trinajstić information content (AvgIpc) is 3.25. The molecule has 3 aromatic rings. The van der Waals surface area contributed by atoms with Gasteiger partial charge in [-0.3, -0.25) is 9.48 Å². The Morgan fingerprint density at radius 2 is 2.07 bits per heavy atom. The van der Waals surface area contributed by atoms with Crippen molar-refractivity contribution in [1.29, 1.82) is 0 Å². The van der Waals surface area contributed by atoms with Crippen LogP contribution in [0.3, 0.4) is 0 Å². The van der Waals surface area contributed by atoms with E-state index in [2.05, 4.69) is 53.2 Å². The first-order valence-electron chi connectivity index (χ1n) is 9.39. The van der Waals surface area contributed by atoms with Gasteiger partial charge in [-0.05, 0) is 46.2 Å². The summed E-state index contributed by atoms with van der Waals surface area (Å²) < 4.78 is 2.10. The number of carbonyl (C=O) groups excluding carboxylic acids is 1. The number of hydrogen-bond acceptors (Lipinski definition) is 3. The highest BCUT2D eigenvalue weighted by atomic mass is 32.1. The lowest BCUT2D eigenvalue weighted by molar-refractivity contribution is -0.121. The minimum Gasteiger partial charge on any atom is -0.349 e.